The fourth-order valence-electron chi connectivity index (χ4n) is 1.98. The Bertz CT molecular complexity index is 746. The maximum absolute atomic E-state index is 12.1. The average molecular weight is 286 g/mol. The molecule has 20 heavy (non-hydrogen) atoms. The maximum Gasteiger partial charge on any atom is 0.275 e. The maximum atomic E-state index is 12.1. The molecule has 0 aliphatic carbocycles. The molecule has 0 unspecified atom stereocenters. The molecule has 0 atom stereocenters. The number of aromatic amines is 1. The first-order valence-electron chi connectivity index (χ1n) is 6.29. The standard InChI is InChI=1S/C14H14N4OS/c15-5-3-13-18-12(8-20-13)14(19)17-10-1-2-11-9(7-10)4-6-16-11/h1-2,4,6-8,16H,3,5,15H2,(H,17,19). The summed E-state index contributed by atoms with van der Waals surface area (Å²) in [6.45, 7) is 0.540. The first kappa shape index (κ1) is 12.8. The van der Waals surface area contributed by atoms with Crippen LogP contribution in [0, 0.1) is 0 Å². The first-order chi connectivity index (χ1) is 9.76. The van der Waals surface area contributed by atoms with Crippen molar-refractivity contribution in [1.82, 2.24) is 9.97 Å². The summed E-state index contributed by atoms with van der Waals surface area (Å²) in [5, 5.41) is 6.56. The second-order valence-corrected chi connectivity index (χ2v) is 5.34. The molecule has 5 nitrogen and oxygen atoms in total. The average Bonchev–Trinajstić information content (AvgIpc) is 3.07. The zero-order valence-corrected chi connectivity index (χ0v) is 11.5. The SMILES string of the molecule is NCCc1nc(C(=O)Nc2ccc3[nH]ccc3c2)cs1. The largest absolute Gasteiger partial charge is 0.361 e. The Balaban J connectivity index is 1.76. The third-order valence-corrected chi connectivity index (χ3v) is 3.86. The van der Waals surface area contributed by atoms with E-state index in [1.807, 2.05) is 30.5 Å². The van der Waals surface area contributed by atoms with Gasteiger partial charge in [-0.05, 0) is 30.8 Å². The lowest BCUT2D eigenvalue weighted by atomic mass is 10.2. The van der Waals surface area contributed by atoms with Gasteiger partial charge in [0, 0.05) is 34.6 Å². The van der Waals surface area contributed by atoms with E-state index >= 15 is 0 Å². The number of rotatable bonds is 4. The molecule has 3 rings (SSSR count). The van der Waals surface area contributed by atoms with Crippen LogP contribution in [0.1, 0.15) is 15.5 Å². The van der Waals surface area contributed by atoms with Crippen molar-refractivity contribution in [1.29, 1.82) is 0 Å². The number of benzene rings is 1. The Labute approximate surface area is 119 Å². The highest BCUT2D eigenvalue weighted by Gasteiger charge is 2.11. The van der Waals surface area contributed by atoms with E-state index in [2.05, 4.69) is 15.3 Å². The summed E-state index contributed by atoms with van der Waals surface area (Å²) in [6.07, 6.45) is 2.57. The van der Waals surface area contributed by atoms with Crippen LogP contribution in [0.2, 0.25) is 0 Å². The number of hydrogen-bond donors (Lipinski definition) is 3. The van der Waals surface area contributed by atoms with Crippen LogP contribution in [0.4, 0.5) is 5.69 Å². The van der Waals surface area contributed by atoms with Gasteiger partial charge in [-0.3, -0.25) is 4.79 Å². The lowest BCUT2D eigenvalue weighted by Gasteiger charge is -2.03. The topological polar surface area (TPSA) is 83.8 Å². The fraction of sp³-hybridized carbons (Fsp3) is 0.143. The van der Waals surface area contributed by atoms with Gasteiger partial charge in [-0.2, -0.15) is 0 Å². The minimum atomic E-state index is -0.195. The summed E-state index contributed by atoms with van der Waals surface area (Å²) in [7, 11) is 0. The molecule has 4 N–H and O–H groups in total. The second-order valence-electron chi connectivity index (χ2n) is 4.40. The van der Waals surface area contributed by atoms with Gasteiger partial charge >= 0.3 is 0 Å². The summed E-state index contributed by atoms with van der Waals surface area (Å²) in [5.74, 6) is -0.195. The van der Waals surface area contributed by atoms with Crippen molar-refractivity contribution >= 4 is 33.8 Å². The number of nitrogens with zero attached hydrogens (tertiary/aromatic N) is 1. The highest BCUT2D eigenvalue weighted by molar-refractivity contribution is 7.09. The van der Waals surface area contributed by atoms with E-state index in [1.54, 1.807) is 5.38 Å². The van der Waals surface area contributed by atoms with Gasteiger partial charge in [-0.25, -0.2) is 4.98 Å². The van der Waals surface area contributed by atoms with Crippen LogP contribution < -0.4 is 11.1 Å². The molecule has 0 saturated heterocycles. The number of fused-ring (bicyclic) bond motifs is 1. The van der Waals surface area contributed by atoms with Gasteiger partial charge in [-0.1, -0.05) is 0 Å². The van der Waals surface area contributed by atoms with Gasteiger partial charge in [-0.15, -0.1) is 11.3 Å². The summed E-state index contributed by atoms with van der Waals surface area (Å²) in [4.78, 5) is 19.5. The lowest BCUT2D eigenvalue weighted by molar-refractivity contribution is 0.102. The highest BCUT2D eigenvalue weighted by Crippen LogP contribution is 2.19. The smallest absolute Gasteiger partial charge is 0.275 e. The minimum Gasteiger partial charge on any atom is -0.361 e. The normalized spacial score (nSPS) is 10.8. The van der Waals surface area contributed by atoms with Gasteiger partial charge in [0.1, 0.15) is 5.69 Å². The van der Waals surface area contributed by atoms with Crippen molar-refractivity contribution in [2.24, 2.45) is 5.73 Å². The van der Waals surface area contributed by atoms with E-state index in [-0.39, 0.29) is 5.91 Å². The highest BCUT2D eigenvalue weighted by atomic mass is 32.1. The minimum absolute atomic E-state index is 0.195. The lowest BCUT2D eigenvalue weighted by Crippen LogP contribution is -2.12. The predicted molar refractivity (Wildman–Crippen MR) is 81.1 cm³/mol. The van der Waals surface area contributed by atoms with Gasteiger partial charge in [0.2, 0.25) is 0 Å². The first-order valence-corrected chi connectivity index (χ1v) is 7.17. The van der Waals surface area contributed by atoms with Crippen molar-refractivity contribution in [3.8, 4) is 0 Å². The number of hydrogen-bond acceptors (Lipinski definition) is 4. The molecule has 0 saturated carbocycles. The van der Waals surface area contributed by atoms with Crippen LogP contribution in [0.5, 0.6) is 0 Å². The van der Waals surface area contributed by atoms with Crippen LogP contribution in [0.3, 0.4) is 0 Å². The molecule has 0 radical (unpaired) electrons. The van der Waals surface area contributed by atoms with Crippen LogP contribution >= 0.6 is 11.3 Å². The van der Waals surface area contributed by atoms with Crippen molar-refractivity contribution in [3.05, 3.63) is 46.5 Å². The summed E-state index contributed by atoms with van der Waals surface area (Å²) >= 11 is 1.46. The Morgan fingerprint density at radius 3 is 3.15 bits per heavy atom. The van der Waals surface area contributed by atoms with Crippen LogP contribution in [-0.4, -0.2) is 22.4 Å². The number of amides is 1. The molecule has 1 aromatic carbocycles. The van der Waals surface area contributed by atoms with E-state index in [1.165, 1.54) is 11.3 Å². The van der Waals surface area contributed by atoms with Gasteiger partial charge in [0.15, 0.2) is 0 Å². The predicted octanol–water partition coefficient (Wildman–Crippen LogP) is 2.38. The van der Waals surface area contributed by atoms with E-state index < -0.39 is 0 Å². The van der Waals surface area contributed by atoms with Crippen LogP contribution in [-0.2, 0) is 6.42 Å². The number of nitrogens with one attached hydrogen (secondary N) is 2. The van der Waals surface area contributed by atoms with E-state index in [9.17, 15) is 4.79 Å². The third kappa shape index (κ3) is 2.56. The number of carbonyl (C=O) groups excluding carboxylic acids is 1. The van der Waals surface area contributed by atoms with Gasteiger partial charge in [0.25, 0.3) is 5.91 Å². The molecule has 0 aliphatic heterocycles. The molecular weight excluding hydrogens is 272 g/mol. The number of H-pyrrole nitrogens is 1. The monoisotopic (exact) mass is 286 g/mol. The quantitative estimate of drug-likeness (QED) is 0.688. The van der Waals surface area contributed by atoms with E-state index in [0.29, 0.717) is 18.7 Å². The number of carbonyl (C=O) groups is 1. The molecule has 0 fully saturated rings. The summed E-state index contributed by atoms with van der Waals surface area (Å²) in [6, 6.07) is 7.69. The number of anilines is 1. The Morgan fingerprint density at radius 2 is 2.30 bits per heavy atom. The Morgan fingerprint density at radius 1 is 1.40 bits per heavy atom. The molecule has 3 aromatic rings. The second kappa shape index (κ2) is 5.44. The fourth-order valence-corrected chi connectivity index (χ4v) is 2.77. The Hall–Kier alpha value is -2.18. The van der Waals surface area contributed by atoms with Gasteiger partial charge < -0.3 is 16.0 Å². The summed E-state index contributed by atoms with van der Waals surface area (Å²) in [5.41, 5.74) is 7.72. The summed E-state index contributed by atoms with van der Waals surface area (Å²) < 4.78 is 0. The molecule has 0 aliphatic rings. The zero-order valence-electron chi connectivity index (χ0n) is 10.7. The van der Waals surface area contributed by atoms with Crippen molar-refractivity contribution in [2.45, 2.75) is 6.42 Å². The van der Waals surface area contributed by atoms with E-state index in [0.717, 1.165) is 21.6 Å². The molecule has 0 spiro atoms. The molecule has 0 bridgehead atoms. The zero-order chi connectivity index (χ0) is 13.9. The molecule has 1 amide bonds. The van der Waals surface area contributed by atoms with Crippen LogP contribution in [0.15, 0.2) is 35.8 Å². The van der Waals surface area contributed by atoms with Gasteiger partial charge in [0.05, 0.1) is 5.01 Å². The van der Waals surface area contributed by atoms with Crippen molar-refractivity contribution < 1.29 is 4.79 Å². The van der Waals surface area contributed by atoms with Crippen molar-refractivity contribution in [3.63, 3.8) is 0 Å². The van der Waals surface area contributed by atoms with E-state index in [4.69, 9.17) is 5.73 Å². The molecule has 2 heterocycles. The number of aromatic nitrogens is 2. The molecule has 2 aromatic heterocycles. The molecule has 6 heteroatoms. The number of thiazole rings is 1. The third-order valence-electron chi connectivity index (χ3n) is 2.95. The molecular formula is C14H14N4OS. The number of nitrogens with two attached hydrogens (primary N) is 1. The molecule has 102 valence electrons. The Kier molecular flexibility index (Phi) is 3.49. The van der Waals surface area contributed by atoms with Crippen molar-refractivity contribution in [2.75, 3.05) is 11.9 Å². The van der Waals surface area contributed by atoms with Crippen LogP contribution in [0.25, 0.3) is 10.9 Å².